The average molecular weight is 437 g/mol. The molecular formula is C24H28N4O4. The smallest absolute Gasteiger partial charge is 0.275 e. The number of amides is 1. The Balaban J connectivity index is 1.65. The number of hydrogen-bond acceptors (Lipinski definition) is 6. The number of aromatic nitrogens is 2. The second kappa shape index (κ2) is 9.30. The van der Waals surface area contributed by atoms with Crippen molar-refractivity contribution in [2.24, 2.45) is 5.92 Å². The summed E-state index contributed by atoms with van der Waals surface area (Å²) in [7, 11) is 3.08. The lowest BCUT2D eigenvalue weighted by atomic mass is 10.00. The van der Waals surface area contributed by atoms with Gasteiger partial charge in [0.2, 0.25) is 5.91 Å². The first-order chi connectivity index (χ1) is 15.5. The maximum absolute atomic E-state index is 13.1. The summed E-state index contributed by atoms with van der Waals surface area (Å²) >= 11 is 0. The standard InChI is InChI=1S/C24H28N4O4/c1-16-7-6-12-27(14-16)23-18-8-4-5-9-19(18)24(30)28(26-23)15-22(29)25-20-11-10-17(31-2)13-21(20)32-3/h4-5,8-11,13,16H,6-7,12,14-15H2,1-3H3,(H,25,29)/t16-/m1/s1. The van der Waals surface area contributed by atoms with Crippen molar-refractivity contribution in [2.75, 3.05) is 37.5 Å². The maximum atomic E-state index is 13.1. The number of methoxy groups -OCH3 is 2. The van der Waals surface area contributed by atoms with Crippen molar-refractivity contribution in [3.05, 3.63) is 52.8 Å². The molecule has 2 heterocycles. The van der Waals surface area contributed by atoms with Gasteiger partial charge in [-0.2, -0.15) is 5.10 Å². The van der Waals surface area contributed by atoms with Crippen LogP contribution in [0.15, 0.2) is 47.3 Å². The number of fused-ring (bicyclic) bond motifs is 1. The zero-order chi connectivity index (χ0) is 22.7. The molecule has 3 aromatic rings. The Morgan fingerprint density at radius 1 is 1.16 bits per heavy atom. The molecule has 1 atom stereocenters. The number of nitrogens with zero attached hydrogens (tertiary/aromatic N) is 3. The monoisotopic (exact) mass is 436 g/mol. The fourth-order valence-electron chi connectivity index (χ4n) is 4.17. The molecule has 0 radical (unpaired) electrons. The van der Waals surface area contributed by atoms with Gasteiger partial charge in [-0.1, -0.05) is 25.1 Å². The molecular weight excluding hydrogens is 408 g/mol. The highest BCUT2D eigenvalue weighted by Gasteiger charge is 2.22. The minimum atomic E-state index is -0.365. The first-order valence-corrected chi connectivity index (χ1v) is 10.8. The quantitative estimate of drug-likeness (QED) is 0.638. The van der Waals surface area contributed by atoms with E-state index in [4.69, 9.17) is 9.47 Å². The second-order valence-corrected chi connectivity index (χ2v) is 8.14. The highest BCUT2D eigenvalue weighted by molar-refractivity contribution is 5.94. The number of hydrogen-bond donors (Lipinski definition) is 1. The number of nitrogens with one attached hydrogen (secondary N) is 1. The van der Waals surface area contributed by atoms with Crippen molar-refractivity contribution < 1.29 is 14.3 Å². The van der Waals surface area contributed by atoms with Crippen LogP contribution in [0.3, 0.4) is 0 Å². The van der Waals surface area contributed by atoms with Gasteiger partial charge < -0.3 is 19.7 Å². The van der Waals surface area contributed by atoms with Crippen molar-refractivity contribution in [1.82, 2.24) is 9.78 Å². The molecule has 1 N–H and O–H groups in total. The summed E-state index contributed by atoms with van der Waals surface area (Å²) in [5.74, 6) is 2.03. The summed E-state index contributed by atoms with van der Waals surface area (Å²) in [5.41, 5.74) is 0.212. The lowest BCUT2D eigenvalue weighted by molar-refractivity contribution is -0.117. The van der Waals surface area contributed by atoms with Crippen molar-refractivity contribution >= 4 is 28.2 Å². The zero-order valence-electron chi connectivity index (χ0n) is 18.6. The number of carbonyl (C=O) groups is 1. The van der Waals surface area contributed by atoms with Crippen molar-refractivity contribution in [2.45, 2.75) is 26.3 Å². The molecule has 168 valence electrons. The predicted octanol–water partition coefficient (Wildman–Crippen LogP) is 3.29. The van der Waals surface area contributed by atoms with Crippen LogP contribution in [-0.4, -0.2) is 43.0 Å². The maximum Gasteiger partial charge on any atom is 0.275 e. The topological polar surface area (TPSA) is 85.7 Å². The summed E-state index contributed by atoms with van der Waals surface area (Å²) < 4.78 is 11.8. The van der Waals surface area contributed by atoms with E-state index in [2.05, 4.69) is 22.2 Å². The number of benzene rings is 2. The van der Waals surface area contributed by atoms with Crippen LogP contribution in [-0.2, 0) is 11.3 Å². The lowest BCUT2D eigenvalue weighted by Crippen LogP contribution is -2.38. The predicted molar refractivity (Wildman–Crippen MR) is 125 cm³/mol. The van der Waals surface area contributed by atoms with E-state index in [9.17, 15) is 9.59 Å². The van der Waals surface area contributed by atoms with Crippen molar-refractivity contribution in [3.8, 4) is 11.5 Å². The molecule has 32 heavy (non-hydrogen) atoms. The van der Waals surface area contributed by atoms with Gasteiger partial charge in [0.05, 0.1) is 25.3 Å². The Hall–Kier alpha value is -3.55. The summed E-state index contributed by atoms with van der Waals surface area (Å²) in [6.45, 7) is 3.79. The lowest BCUT2D eigenvalue weighted by Gasteiger charge is -2.32. The Labute approximate surface area is 186 Å². The van der Waals surface area contributed by atoms with Gasteiger partial charge in [0.25, 0.3) is 5.56 Å². The van der Waals surface area contributed by atoms with E-state index in [1.165, 1.54) is 18.2 Å². The van der Waals surface area contributed by atoms with E-state index in [0.717, 1.165) is 30.7 Å². The molecule has 0 unspecified atom stereocenters. The second-order valence-electron chi connectivity index (χ2n) is 8.14. The van der Waals surface area contributed by atoms with Gasteiger partial charge in [-0.25, -0.2) is 4.68 Å². The SMILES string of the molecule is COc1ccc(NC(=O)Cn2nc(N3CCC[C@@H](C)C3)c3ccccc3c2=O)c(OC)c1. The molecule has 1 fully saturated rings. The van der Waals surface area contributed by atoms with Gasteiger partial charge >= 0.3 is 0 Å². The first-order valence-electron chi connectivity index (χ1n) is 10.8. The molecule has 1 saturated heterocycles. The molecule has 0 aliphatic carbocycles. The third-order valence-corrected chi connectivity index (χ3v) is 5.78. The van der Waals surface area contributed by atoms with Gasteiger partial charge in [-0.15, -0.1) is 0 Å². The summed E-state index contributed by atoms with van der Waals surface area (Å²) in [6, 6.07) is 12.6. The van der Waals surface area contributed by atoms with E-state index >= 15 is 0 Å². The molecule has 1 amide bonds. The Morgan fingerprint density at radius 2 is 1.94 bits per heavy atom. The molecule has 8 heteroatoms. The fraction of sp³-hybridized carbons (Fsp3) is 0.375. The van der Waals surface area contributed by atoms with Gasteiger partial charge in [0.1, 0.15) is 18.0 Å². The molecule has 0 spiro atoms. The molecule has 2 aromatic carbocycles. The summed E-state index contributed by atoms with van der Waals surface area (Å²) in [5, 5.41) is 8.82. The van der Waals surface area contributed by atoms with Crippen molar-refractivity contribution in [1.29, 1.82) is 0 Å². The highest BCUT2D eigenvalue weighted by Crippen LogP contribution is 2.29. The number of rotatable bonds is 6. The molecule has 0 saturated carbocycles. The number of anilines is 2. The summed E-state index contributed by atoms with van der Waals surface area (Å²) in [4.78, 5) is 28.1. The van der Waals surface area contributed by atoms with E-state index in [-0.39, 0.29) is 18.0 Å². The summed E-state index contributed by atoms with van der Waals surface area (Å²) in [6.07, 6.45) is 2.26. The number of ether oxygens (including phenoxy) is 2. The minimum absolute atomic E-state index is 0.199. The van der Waals surface area contributed by atoms with Crippen LogP contribution < -0.4 is 25.2 Å². The van der Waals surface area contributed by atoms with Crippen LogP contribution in [0.5, 0.6) is 11.5 Å². The van der Waals surface area contributed by atoms with E-state index in [1.54, 1.807) is 31.4 Å². The van der Waals surface area contributed by atoms with E-state index < -0.39 is 0 Å². The van der Waals surface area contributed by atoms with Crippen LogP contribution in [0.1, 0.15) is 19.8 Å². The molecule has 1 aromatic heterocycles. The van der Waals surface area contributed by atoms with Gasteiger partial charge in [-0.05, 0) is 37.0 Å². The Morgan fingerprint density at radius 3 is 2.66 bits per heavy atom. The molecule has 1 aliphatic heterocycles. The van der Waals surface area contributed by atoms with Crippen LogP contribution in [0.2, 0.25) is 0 Å². The fourth-order valence-corrected chi connectivity index (χ4v) is 4.17. The van der Waals surface area contributed by atoms with Gasteiger partial charge in [0.15, 0.2) is 5.82 Å². The third-order valence-electron chi connectivity index (χ3n) is 5.78. The van der Waals surface area contributed by atoms with Crippen LogP contribution in [0, 0.1) is 5.92 Å². The normalized spacial score (nSPS) is 16.1. The largest absolute Gasteiger partial charge is 0.497 e. The molecule has 1 aliphatic rings. The third kappa shape index (κ3) is 4.39. The molecule has 8 nitrogen and oxygen atoms in total. The first kappa shape index (κ1) is 21.7. The number of carbonyl (C=O) groups excluding carboxylic acids is 1. The minimum Gasteiger partial charge on any atom is -0.497 e. The zero-order valence-corrected chi connectivity index (χ0v) is 18.6. The highest BCUT2D eigenvalue weighted by atomic mass is 16.5. The van der Waals surface area contributed by atoms with Crippen LogP contribution in [0.25, 0.3) is 10.8 Å². The van der Waals surface area contributed by atoms with Gasteiger partial charge in [0, 0.05) is 24.5 Å². The number of piperidine rings is 1. The molecule has 4 rings (SSSR count). The Kier molecular flexibility index (Phi) is 6.30. The van der Waals surface area contributed by atoms with E-state index in [0.29, 0.717) is 28.5 Å². The van der Waals surface area contributed by atoms with Crippen LogP contribution >= 0.6 is 0 Å². The van der Waals surface area contributed by atoms with Crippen LogP contribution in [0.4, 0.5) is 11.5 Å². The van der Waals surface area contributed by atoms with Crippen molar-refractivity contribution in [3.63, 3.8) is 0 Å². The Bertz CT molecular complexity index is 1190. The van der Waals surface area contributed by atoms with Gasteiger partial charge in [-0.3, -0.25) is 9.59 Å². The van der Waals surface area contributed by atoms with E-state index in [1.807, 2.05) is 18.2 Å². The average Bonchev–Trinajstić information content (AvgIpc) is 2.81. The molecule has 0 bridgehead atoms.